The van der Waals surface area contributed by atoms with Crippen molar-refractivity contribution in [3.8, 4) is 0 Å². The van der Waals surface area contributed by atoms with Gasteiger partial charge in [0.15, 0.2) is 0 Å². The largest absolute Gasteiger partial charge is 0.387 e. The SMILES string of the molecule is C[C@@H](NCC(O)c1c(F)cccc1F)c1ccccc1. The predicted molar refractivity (Wildman–Crippen MR) is 74.2 cm³/mol. The number of rotatable bonds is 5. The molecule has 2 atom stereocenters. The molecule has 0 aliphatic rings. The number of hydrogen-bond acceptors (Lipinski definition) is 2. The first-order chi connectivity index (χ1) is 9.59. The van der Waals surface area contributed by atoms with E-state index >= 15 is 0 Å². The van der Waals surface area contributed by atoms with Crippen molar-refractivity contribution in [1.82, 2.24) is 5.32 Å². The molecule has 0 aromatic heterocycles. The highest BCUT2D eigenvalue weighted by Gasteiger charge is 2.18. The third-order valence-electron chi connectivity index (χ3n) is 3.25. The van der Waals surface area contributed by atoms with Gasteiger partial charge in [-0.2, -0.15) is 0 Å². The molecule has 0 radical (unpaired) electrons. The van der Waals surface area contributed by atoms with Crippen LogP contribution in [0.2, 0.25) is 0 Å². The smallest absolute Gasteiger partial charge is 0.131 e. The van der Waals surface area contributed by atoms with E-state index in [1.165, 1.54) is 6.07 Å². The minimum absolute atomic E-state index is 0.0133. The van der Waals surface area contributed by atoms with Crippen LogP contribution >= 0.6 is 0 Å². The number of aliphatic hydroxyl groups is 1. The Morgan fingerprint density at radius 3 is 2.20 bits per heavy atom. The highest BCUT2D eigenvalue weighted by molar-refractivity contribution is 5.23. The summed E-state index contributed by atoms with van der Waals surface area (Å²) in [5.74, 6) is -1.46. The molecule has 4 heteroatoms. The van der Waals surface area contributed by atoms with Crippen molar-refractivity contribution in [1.29, 1.82) is 0 Å². The Bertz CT molecular complexity index is 539. The Hall–Kier alpha value is -1.78. The number of halogens is 2. The second-order valence-corrected chi connectivity index (χ2v) is 4.69. The molecule has 0 saturated heterocycles. The second kappa shape index (κ2) is 6.59. The van der Waals surface area contributed by atoms with E-state index < -0.39 is 17.7 Å². The summed E-state index contributed by atoms with van der Waals surface area (Å²) in [6.45, 7) is 2.01. The summed E-state index contributed by atoms with van der Waals surface area (Å²) < 4.78 is 27.0. The number of benzene rings is 2. The Morgan fingerprint density at radius 1 is 1.00 bits per heavy atom. The van der Waals surface area contributed by atoms with Gasteiger partial charge < -0.3 is 10.4 Å². The molecule has 0 spiro atoms. The van der Waals surface area contributed by atoms with E-state index in [2.05, 4.69) is 5.32 Å². The van der Waals surface area contributed by atoms with Gasteiger partial charge in [-0.1, -0.05) is 36.4 Å². The molecule has 0 saturated carbocycles. The molecular formula is C16H17F2NO. The average molecular weight is 277 g/mol. The zero-order valence-corrected chi connectivity index (χ0v) is 11.2. The van der Waals surface area contributed by atoms with Gasteiger partial charge in [0.1, 0.15) is 11.6 Å². The summed E-state index contributed by atoms with van der Waals surface area (Å²) in [5, 5.41) is 13.0. The summed E-state index contributed by atoms with van der Waals surface area (Å²) in [6.07, 6.45) is -1.22. The van der Waals surface area contributed by atoms with Gasteiger partial charge in [-0.25, -0.2) is 8.78 Å². The number of aliphatic hydroxyl groups excluding tert-OH is 1. The molecule has 0 heterocycles. The van der Waals surface area contributed by atoms with Crippen LogP contribution in [0.4, 0.5) is 8.78 Å². The molecule has 2 aromatic rings. The van der Waals surface area contributed by atoms with E-state index in [1.807, 2.05) is 37.3 Å². The first-order valence-corrected chi connectivity index (χ1v) is 6.50. The molecule has 0 bridgehead atoms. The molecule has 2 N–H and O–H groups in total. The van der Waals surface area contributed by atoms with E-state index in [4.69, 9.17) is 0 Å². The maximum Gasteiger partial charge on any atom is 0.131 e. The van der Waals surface area contributed by atoms with Gasteiger partial charge >= 0.3 is 0 Å². The third-order valence-corrected chi connectivity index (χ3v) is 3.25. The summed E-state index contributed by atoms with van der Waals surface area (Å²) >= 11 is 0. The lowest BCUT2D eigenvalue weighted by molar-refractivity contribution is 0.161. The van der Waals surface area contributed by atoms with E-state index in [9.17, 15) is 13.9 Å². The zero-order valence-electron chi connectivity index (χ0n) is 11.2. The molecule has 2 aromatic carbocycles. The fourth-order valence-electron chi connectivity index (χ4n) is 2.08. The molecule has 20 heavy (non-hydrogen) atoms. The lowest BCUT2D eigenvalue weighted by Crippen LogP contribution is -2.25. The van der Waals surface area contributed by atoms with Crippen LogP contribution in [0.15, 0.2) is 48.5 Å². The van der Waals surface area contributed by atoms with Crippen LogP contribution in [0.25, 0.3) is 0 Å². The van der Waals surface area contributed by atoms with E-state index in [1.54, 1.807) is 0 Å². The van der Waals surface area contributed by atoms with Crippen LogP contribution in [0, 0.1) is 11.6 Å². The number of hydrogen-bond donors (Lipinski definition) is 2. The monoisotopic (exact) mass is 277 g/mol. The maximum atomic E-state index is 13.5. The number of nitrogens with one attached hydrogen (secondary N) is 1. The van der Waals surface area contributed by atoms with Gasteiger partial charge in [0.25, 0.3) is 0 Å². The molecule has 0 amide bonds. The summed E-state index contributed by atoms with van der Waals surface area (Å²) in [5.41, 5.74) is 0.758. The van der Waals surface area contributed by atoms with Crippen molar-refractivity contribution in [2.75, 3.05) is 6.54 Å². The van der Waals surface area contributed by atoms with Crippen molar-refractivity contribution >= 4 is 0 Å². The Morgan fingerprint density at radius 2 is 1.60 bits per heavy atom. The second-order valence-electron chi connectivity index (χ2n) is 4.69. The minimum atomic E-state index is -1.22. The van der Waals surface area contributed by atoms with Crippen LogP contribution in [0.3, 0.4) is 0 Å². The standard InChI is InChI=1S/C16H17F2NO/c1-11(12-6-3-2-4-7-12)19-10-15(20)16-13(17)8-5-9-14(16)18/h2-9,11,15,19-20H,10H2,1H3/t11-,15?/m1/s1. The highest BCUT2D eigenvalue weighted by Crippen LogP contribution is 2.21. The van der Waals surface area contributed by atoms with Crippen LogP contribution in [-0.2, 0) is 0 Å². The fraction of sp³-hybridized carbons (Fsp3) is 0.250. The lowest BCUT2D eigenvalue weighted by atomic mass is 10.1. The van der Waals surface area contributed by atoms with Crippen LogP contribution in [0.5, 0.6) is 0 Å². The van der Waals surface area contributed by atoms with Gasteiger partial charge in [0.2, 0.25) is 0 Å². The zero-order chi connectivity index (χ0) is 14.5. The highest BCUT2D eigenvalue weighted by atomic mass is 19.1. The molecular weight excluding hydrogens is 260 g/mol. The quantitative estimate of drug-likeness (QED) is 0.878. The Balaban J connectivity index is 2.00. The van der Waals surface area contributed by atoms with E-state index in [0.717, 1.165) is 17.7 Å². The molecule has 2 rings (SSSR count). The first kappa shape index (κ1) is 14.6. The summed E-state index contributed by atoms with van der Waals surface area (Å²) in [4.78, 5) is 0. The van der Waals surface area contributed by atoms with Gasteiger partial charge in [-0.05, 0) is 24.6 Å². The van der Waals surface area contributed by atoms with E-state index in [-0.39, 0.29) is 18.2 Å². The van der Waals surface area contributed by atoms with Gasteiger partial charge in [-0.15, -0.1) is 0 Å². The average Bonchev–Trinajstić information content (AvgIpc) is 2.45. The Labute approximate surface area is 117 Å². The summed E-state index contributed by atoms with van der Waals surface area (Å²) in [6, 6.07) is 13.2. The predicted octanol–water partition coefficient (Wildman–Crippen LogP) is 3.35. The first-order valence-electron chi connectivity index (χ1n) is 6.50. The topological polar surface area (TPSA) is 32.3 Å². The molecule has 2 nitrogen and oxygen atoms in total. The van der Waals surface area contributed by atoms with Crippen LogP contribution < -0.4 is 5.32 Å². The Kier molecular flexibility index (Phi) is 4.82. The van der Waals surface area contributed by atoms with Crippen molar-refractivity contribution in [2.45, 2.75) is 19.1 Å². The molecule has 0 aliphatic carbocycles. The minimum Gasteiger partial charge on any atom is -0.387 e. The van der Waals surface area contributed by atoms with Gasteiger partial charge in [-0.3, -0.25) is 0 Å². The molecule has 0 fully saturated rings. The molecule has 0 aliphatic heterocycles. The molecule has 1 unspecified atom stereocenters. The van der Waals surface area contributed by atoms with E-state index in [0.29, 0.717) is 0 Å². The van der Waals surface area contributed by atoms with Crippen LogP contribution in [0.1, 0.15) is 30.2 Å². The van der Waals surface area contributed by atoms with Crippen molar-refractivity contribution < 1.29 is 13.9 Å². The lowest BCUT2D eigenvalue weighted by Gasteiger charge is -2.18. The van der Waals surface area contributed by atoms with Gasteiger partial charge in [0, 0.05) is 12.6 Å². The molecule has 106 valence electrons. The fourth-order valence-corrected chi connectivity index (χ4v) is 2.08. The third kappa shape index (κ3) is 3.40. The van der Waals surface area contributed by atoms with Crippen molar-refractivity contribution in [2.24, 2.45) is 0 Å². The van der Waals surface area contributed by atoms with Crippen LogP contribution in [-0.4, -0.2) is 11.7 Å². The van der Waals surface area contributed by atoms with Crippen molar-refractivity contribution in [3.05, 3.63) is 71.3 Å². The normalized spacial score (nSPS) is 14.0. The van der Waals surface area contributed by atoms with Crippen molar-refractivity contribution in [3.63, 3.8) is 0 Å². The maximum absolute atomic E-state index is 13.5. The summed E-state index contributed by atoms with van der Waals surface area (Å²) in [7, 11) is 0. The van der Waals surface area contributed by atoms with Gasteiger partial charge in [0.05, 0.1) is 11.7 Å².